The fourth-order valence-electron chi connectivity index (χ4n) is 2.35. The molecule has 23 heavy (non-hydrogen) atoms. The molecule has 2 aromatic carbocycles. The minimum absolute atomic E-state index is 0.0441. The SMILES string of the molecule is CSC1=NN=C(c2ccc([N+](=O)[O-])cc2)c2cc(Cl)ccc2C1. The first kappa shape index (κ1) is 15.7. The summed E-state index contributed by atoms with van der Waals surface area (Å²) in [5.41, 5.74) is 3.46. The van der Waals surface area contributed by atoms with Crippen molar-refractivity contribution in [3.8, 4) is 0 Å². The molecule has 0 saturated carbocycles. The lowest BCUT2D eigenvalue weighted by Gasteiger charge is -2.10. The van der Waals surface area contributed by atoms with Crippen LogP contribution in [0.5, 0.6) is 0 Å². The van der Waals surface area contributed by atoms with Crippen molar-refractivity contribution in [2.24, 2.45) is 10.2 Å². The fourth-order valence-corrected chi connectivity index (χ4v) is 2.94. The number of hydrogen-bond acceptors (Lipinski definition) is 5. The van der Waals surface area contributed by atoms with Crippen LogP contribution in [0.4, 0.5) is 5.69 Å². The van der Waals surface area contributed by atoms with E-state index in [0.717, 1.165) is 21.7 Å². The van der Waals surface area contributed by atoms with Gasteiger partial charge in [0.1, 0.15) is 5.71 Å². The van der Waals surface area contributed by atoms with Crippen LogP contribution in [0, 0.1) is 10.1 Å². The molecule has 1 aliphatic rings. The third kappa shape index (κ3) is 3.28. The molecule has 0 N–H and O–H groups in total. The van der Waals surface area contributed by atoms with Gasteiger partial charge in [0.2, 0.25) is 0 Å². The largest absolute Gasteiger partial charge is 0.269 e. The van der Waals surface area contributed by atoms with Crippen LogP contribution >= 0.6 is 23.4 Å². The molecule has 0 unspecified atom stereocenters. The van der Waals surface area contributed by atoms with Gasteiger partial charge in [-0.1, -0.05) is 17.7 Å². The number of fused-ring (bicyclic) bond motifs is 1. The minimum atomic E-state index is -0.423. The molecule has 2 aromatic rings. The van der Waals surface area contributed by atoms with Gasteiger partial charge in [-0.15, -0.1) is 22.0 Å². The zero-order valence-corrected chi connectivity index (χ0v) is 13.8. The highest BCUT2D eigenvalue weighted by Crippen LogP contribution is 2.25. The number of nitro groups is 1. The maximum Gasteiger partial charge on any atom is 0.269 e. The maximum absolute atomic E-state index is 10.8. The van der Waals surface area contributed by atoms with E-state index in [1.165, 1.54) is 12.1 Å². The highest BCUT2D eigenvalue weighted by molar-refractivity contribution is 8.13. The Kier molecular flexibility index (Phi) is 4.45. The predicted molar refractivity (Wildman–Crippen MR) is 94.8 cm³/mol. The molecule has 0 spiro atoms. The van der Waals surface area contributed by atoms with E-state index < -0.39 is 4.92 Å². The standard InChI is InChI=1S/C16H12ClN3O2S/c1-23-15-8-11-2-5-12(17)9-14(11)16(19-18-15)10-3-6-13(7-4-10)20(21)22/h2-7,9H,8H2,1H3. The normalized spacial score (nSPS) is 13.7. The van der Waals surface area contributed by atoms with Crippen LogP contribution in [0.1, 0.15) is 16.7 Å². The van der Waals surface area contributed by atoms with Crippen molar-refractivity contribution in [3.63, 3.8) is 0 Å². The predicted octanol–water partition coefficient (Wildman–Crippen LogP) is 4.32. The van der Waals surface area contributed by atoms with Crippen LogP contribution in [-0.4, -0.2) is 21.9 Å². The lowest BCUT2D eigenvalue weighted by atomic mass is 9.96. The van der Waals surface area contributed by atoms with Gasteiger partial charge < -0.3 is 0 Å². The van der Waals surface area contributed by atoms with E-state index in [0.29, 0.717) is 17.2 Å². The molecule has 1 aliphatic heterocycles. The van der Waals surface area contributed by atoms with Crippen molar-refractivity contribution in [1.82, 2.24) is 0 Å². The molecule has 7 heteroatoms. The van der Waals surface area contributed by atoms with Crippen molar-refractivity contribution < 1.29 is 4.92 Å². The second-order valence-electron chi connectivity index (χ2n) is 4.93. The van der Waals surface area contributed by atoms with Gasteiger partial charge in [-0.3, -0.25) is 10.1 Å². The van der Waals surface area contributed by atoms with Gasteiger partial charge >= 0.3 is 0 Å². The molecule has 116 valence electrons. The summed E-state index contributed by atoms with van der Waals surface area (Å²) in [5, 5.41) is 21.0. The van der Waals surface area contributed by atoms with Crippen LogP contribution in [-0.2, 0) is 6.42 Å². The summed E-state index contributed by atoms with van der Waals surface area (Å²) in [4.78, 5) is 10.4. The van der Waals surface area contributed by atoms with E-state index in [4.69, 9.17) is 11.6 Å². The summed E-state index contributed by atoms with van der Waals surface area (Å²) in [6.07, 6.45) is 2.65. The second kappa shape index (κ2) is 6.52. The average Bonchev–Trinajstić information content (AvgIpc) is 2.74. The molecule has 0 aromatic heterocycles. The van der Waals surface area contributed by atoms with Crippen LogP contribution < -0.4 is 0 Å². The Hall–Kier alpha value is -2.18. The summed E-state index contributed by atoms with van der Waals surface area (Å²) in [5.74, 6) is 0. The lowest BCUT2D eigenvalue weighted by Crippen LogP contribution is -2.06. The maximum atomic E-state index is 10.8. The molecule has 0 amide bonds. The summed E-state index contributed by atoms with van der Waals surface area (Å²) >= 11 is 7.68. The number of halogens is 1. The van der Waals surface area contributed by atoms with E-state index in [2.05, 4.69) is 10.2 Å². The van der Waals surface area contributed by atoms with Crippen LogP contribution in [0.2, 0.25) is 5.02 Å². The first-order valence-electron chi connectivity index (χ1n) is 6.80. The molecule has 0 atom stereocenters. The van der Waals surface area contributed by atoms with Crippen molar-refractivity contribution in [1.29, 1.82) is 0 Å². The van der Waals surface area contributed by atoms with Gasteiger partial charge in [0.05, 0.1) is 9.97 Å². The van der Waals surface area contributed by atoms with Crippen LogP contribution in [0.25, 0.3) is 0 Å². The Labute approximate surface area is 142 Å². The second-order valence-corrected chi connectivity index (χ2v) is 6.24. The fraction of sp³-hybridized carbons (Fsp3) is 0.125. The number of hydrogen-bond donors (Lipinski definition) is 0. The van der Waals surface area contributed by atoms with E-state index in [1.54, 1.807) is 23.9 Å². The number of benzene rings is 2. The quantitative estimate of drug-likeness (QED) is 0.601. The first-order chi connectivity index (χ1) is 11.1. The van der Waals surface area contributed by atoms with E-state index in [9.17, 15) is 10.1 Å². The number of nitro benzene ring substituents is 1. The molecule has 0 fully saturated rings. The summed E-state index contributed by atoms with van der Waals surface area (Å²) < 4.78 is 0. The third-order valence-electron chi connectivity index (χ3n) is 3.52. The van der Waals surface area contributed by atoms with Gasteiger partial charge in [-0.25, -0.2) is 0 Å². The Balaban J connectivity index is 2.13. The van der Waals surface area contributed by atoms with E-state index >= 15 is 0 Å². The molecule has 0 radical (unpaired) electrons. The lowest BCUT2D eigenvalue weighted by molar-refractivity contribution is -0.384. The molecule has 5 nitrogen and oxygen atoms in total. The van der Waals surface area contributed by atoms with Gasteiger partial charge in [0, 0.05) is 34.7 Å². The summed E-state index contributed by atoms with van der Waals surface area (Å²) in [6, 6.07) is 12.0. The number of rotatable bonds is 2. The van der Waals surface area contributed by atoms with E-state index in [-0.39, 0.29) is 5.69 Å². The molecular weight excluding hydrogens is 334 g/mol. The van der Waals surface area contributed by atoms with Gasteiger partial charge in [-0.2, -0.15) is 0 Å². The zero-order valence-electron chi connectivity index (χ0n) is 12.2. The summed E-state index contributed by atoms with van der Waals surface area (Å²) in [6.45, 7) is 0. The van der Waals surface area contributed by atoms with Gasteiger partial charge in [-0.05, 0) is 36.1 Å². The average molecular weight is 346 g/mol. The highest BCUT2D eigenvalue weighted by Gasteiger charge is 2.18. The smallest absolute Gasteiger partial charge is 0.258 e. The Bertz CT molecular complexity index is 832. The van der Waals surface area contributed by atoms with Crippen molar-refractivity contribution in [3.05, 3.63) is 74.3 Å². The molecule has 0 aliphatic carbocycles. The van der Waals surface area contributed by atoms with Gasteiger partial charge in [0.15, 0.2) is 0 Å². The molecule has 0 bridgehead atoms. The Morgan fingerprint density at radius 1 is 1.17 bits per heavy atom. The van der Waals surface area contributed by atoms with E-state index in [1.807, 2.05) is 24.5 Å². The topological polar surface area (TPSA) is 67.9 Å². The molecule has 3 rings (SSSR count). The zero-order chi connectivity index (χ0) is 16.4. The molecular formula is C16H12ClN3O2S. The number of nitrogens with zero attached hydrogens (tertiary/aromatic N) is 3. The minimum Gasteiger partial charge on any atom is -0.258 e. The van der Waals surface area contributed by atoms with Crippen LogP contribution in [0.3, 0.4) is 0 Å². The van der Waals surface area contributed by atoms with Gasteiger partial charge in [0.25, 0.3) is 5.69 Å². The monoisotopic (exact) mass is 345 g/mol. The molecule has 1 heterocycles. The number of thioether (sulfide) groups is 1. The first-order valence-corrected chi connectivity index (χ1v) is 8.41. The molecule has 0 saturated heterocycles. The Morgan fingerprint density at radius 2 is 1.91 bits per heavy atom. The van der Waals surface area contributed by atoms with Crippen LogP contribution in [0.15, 0.2) is 52.7 Å². The summed E-state index contributed by atoms with van der Waals surface area (Å²) in [7, 11) is 0. The van der Waals surface area contributed by atoms with Crippen molar-refractivity contribution in [2.45, 2.75) is 6.42 Å². The highest BCUT2D eigenvalue weighted by atomic mass is 35.5. The van der Waals surface area contributed by atoms with Crippen molar-refractivity contribution >= 4 is 39.8 Å². The Morgan fingerprint density at radius 3 is 2.57 bits per heavy atom. The third-order valence-corrected chi connectivity index (χ3v) is 4.45. The number of non-ortho nitro benzene ring substituents is 1. The van der Waals surface area contributed by atoms with Crippen molar-refractivity contribution in [2.75, 3.05) is 6.26 Å².